The number of H-pyrrole nitrogens is 1. The Labute approximate surface area is 175 Å². The van der Waals surface area contributed by atoms with Gasteiger partial charge in [-0.1, -0.05) is 0 Å². The zero-order valence-electron chi connectivity index (χ0n) is 16.2. The molecule has 29 heavy (non-hydrogen) atoms. The molecule has 0 bridgehead atoms. The number of phenols is 1. The number of aryl methyl sites for hydroxylation is 1. The van der Waals surface area contributed by atoms with Crippen LogP contribution in [0.2, 0.25) is 0 Å². The standard InChI is InChI=1S/C21H20BrN3O4/c1-11-19-13-9-18(29-7-6-27-2)17(28-3)10-14(13)20(23-21(19)25-24-11)12-4-5-16(26)15(22)8-12/h4-5,8-10,26H,6-7H2,1-3H3,(H,23,24,25). The summed E-state index contributed by atoms with van der Waals surface area (Å²) in [6, 6.07) is 9.17. The Morgan fingerprint density at radius 1 is 1.07 bits per heavy atom. The van der Waals surface area contributed by atoms with Crippen molar-refractivity contribution in [3.05, 3.63) is 40.5 Å². The SMILES string of the molecule is COCCOc1cc2c(cc1OC)c(-c1ccc(O)c(Br)c1)nc1[nH]nc(C)c12. The van der Waals surface area contributed by atoms with Gasteiger partial charge in [0.1, 0.15) is 12.4 Å². The van der Waals surface area contributed by atoms with Crippen LogP contribution in [-0.2, 0) is 4.74 Å². The highest BCUT2D eigenvalue weighted by Gasteiger charge is 2.18. The highest BCUT2D eigenvalue weighted by atomic mass is 79.9. The number of methoxy groups -OCH3 is 2. The van der Waals surface area contributed by atoms with E-state index in [-0.39, 0.29) is 5.75 Å². The molecule has 0 atom stereocenters. The van der Waals surface area contributed by atoms with E-state index in [0.717, 1.165) is 33.1 Å². The number of phenolic OH excluding ortho intramolecular Hbond substituents is 1. The number of ether oxygens (including phenoxy) is 3. The summed E-state index contributed by atoms with van der Waals surface area (Å²) in [7, 11) is 3.24. The van der Waals surface area contributed by atoms with E-state index in [2.05, 4.69) is 26.1 Å². The summed E-state index contributed by atoms with van der Waals surface area (Å²) in [6.07, 6.45) is 0. The molecule has 2 aromatic heterocycles. The maximum Gasteiger partial charge on any atom is 0.161 e. The van der Waals surface area contributed by atoms with Crippen LogP contribution in [0.3, 0.4) is 0 Å². The quantitative estimate of drug-likeness (QED) is 0.411. The van der Waals surface area contributed by atoms with Gasteiger partial charge in [-0.25, -0.2) is 4.98 Å². The van der Waals surface area contributed by atoms with Gasteiger partial charge in [-0.2, -0.15) is 5.10 Å². The normalized spacial score (nSPS) is 11.3. The van der Waals surface area contributed by atoms with Gasteiger partial charge in [0.2, 0.25) is 0 Å². The average molecular weight is 458 g/mol. The van der Waals surface area contributed by atoms with Gasteiger partial charge in [0, 0.05) is 28.8 Å². The third kappa shape index (κ3) is 3.49. The lowest BCUT2D eigenvalue weighted by molar-refractivity contribution is 0.144. The van der Waals surface area contributed by atoms with E-state index in [1.807, 2.05) is 31.2 Å². The molecule has 2 N–H and O–H groups in total. The van der Waals surface area contributed by atoms with Gasteiger partial charge in [-0.15, -0.1) is 0 Å². The lowest BCUT2D eigenvalue weighted by Crippen LogP contribution is -2.05. The molecule has 0 aliphatic carbocycles. The molecule has 0 fully saturated rings. The molecule has 0 radical (unpaired) electrons. The first-order valence-corrected chi connectivity index (χ1v) is 9.79. The van der Waals surface area contributed by atoms with Gasteiger partial charge < -0.3 is 19.3 Å². The number of rotatable bonds is 6. The van der Waals surface area contributed by atoms with Crippen molar-refractivity contribution in [2.75, 3.05) is 27.4 Å². The molecule has 0 saturated heterocycles. The van der Waals surface area contributed by atoms with Crippen LogP contribution < -0.4 is 9.47 Å². The van der Waals surface area contributed by atoms with E-state index < -0.39 is 0 Å². The van der Waals surface area contributed by atoms with Crippen LogP contribution in [0.5, 0.6) is 17.2 Å². The zero-order chi connectivity index (χ0) is 20.5. The van der Waals surface area contributed by atoms with Crippen LogP contribution in [0, 0.1) is 6.92 Å². The second-order valence-electron chi connectivity index (χ2n) is 6.55. The molecule has 0 aliphatic heterocycles. The molecule has 0 amide bonds. The maximum atomic E-state index is 9.87. The molecule has 0 unspecified atom stereocenters. The Kier molecular flexibility index (Phi) is 5.29. The number of nitrogens with zero attached hydrogens (tertiary/aromatic N) is 2. The average Bonchev–Trinajstić information content (AvgIpc) is 3.10. The number of hydrogen-bond donors (Lipinski definition) is 2. The lowest BCUT2D eigenvalue weighted by atomic mass is 10.00. The van der Waals surface area contributed by atoms with Crippen molar-refractivity contribution in [1.82, 2.24) is 15.2 Å². The Balaban J connectivity index is 2.01. The van der Waals surface area contributed by atoms with Crippen molar-refractivity contribution in [3.63, 3.8) is 0 Å². The fraction of sp³-hybridized carbons (Fsp3) is 0.238. The van der Waals surface area contributed by atoms with Crippen molar-refractivity contribution in [2.45, 2.75) is 6.92 Å². The van der Waals surface area contributed by atoms with Gasteiger partial charge >= 0.3 is 0 Å². The number of hydrogen-bond acceptors (Lipinski definition) is 6. The Morgan fingerprint density at radius 2 is 1.86 bits per heavy atom. The Bertz CT molecular complexity index is 1210. The minimum Gasteiger partial charge on any atom is -0.507 e. The number of halogens is 1. The first kappa shape index (κ1) is 19.5. The van der Waals surface area contributed by atoms with Gasteiger partial charge in [0.15, 0.2) is 17.1 Å². The minimum absolute atomic E-state index is 0.169. The summed E-state index contributed by atoms with van der Waals surface area (Å²) in [5.41, 5.74) is 3.13. The van der Waals surface area contributed by atoms with Crippen LogP contribution in [0.25, 0.3) is 33.1 Å². The highest BCUT2D eigenvalue weighted by Crippen LogP contribution is 2.41. The van der Waals surface area contributed by atoms with Crippen LogP contribution >= 0.6 is 15.9 Å². The molecular weight excluding hydrogens is 438 g/mol. The van der Waals surface area contributed by atoms with E-state index in [1.165, 1.54) is 0 Å². The molecule has 2 heterocycles. The fourth-order valence-corrected chi connectivity index (χ4v) is 3.72. The van der Waals surface area contributed by atoms with E-state index in [9.17, 15) is 5.11 Å². The molecule has 150 valence electrons. The van der Waals surface area contributed by atoms with Crippen molar-refractivity contribution in [3.8, 4) is 28.5 Å². The first-order chi connectivity index (χ1) is 14.0. The van der Waals surface area contributed by atoms with Gasteiger partial charge in [-0.3, -0.25) is 5.10 Å². The summed E-state index contributed by atoms with van der Waals surface area (Å²) in [5, 5.41) is 20.0. The van der Waals surface area contributed by atoms with E-state index in [0.29, 0.717) is 34.8 Å². The number of pyridine rings is 1. The first-order valence-electron chi connectivity index (χ1n) is 9.00. The Hall–Kier alpha value is -2.84. The van der Waals surface area contributed by atoms with Gasteiger partial charge in [0.25, 0.3) is 0 Å². The maximum absolute atomic E-state index is 9.87. The topological polar surface area (TPSA) is 89.5 Å². The monoisotopic (exact) mass is 457 g/mol. The summed E-state index contributed by atoms with van der Waals surface area (Å²) in [5.74, 6) is 1.40. The number of aromatic hydroxyl groups is 1. The summed E-state index contributed by atoms with van der Waals surface area (Å²) in [6.45, 7) is 2.83. The minimum atomic E-state index is 0.169. The molecule has 0 aliphatic rings. The van der Waals surface area contributed by atoms with E-state index >= 15 is 0 Å². The second kappa shape index (κ2) is 7.88. The van der Waals surface area contributed by atoms with Gasteiger partial charge in [0.05, 0.1) is 29.6 Å². The number of benzene rings is 2. The van der Waals surface area contributed by atoms with E-state index in [4.69, 9.17) is 19.2 Å². The van der Waals surface area contributed by atoms with Crippen molar-refractivity contribution in [1.29, 1.82) is 0 Å². The van der Waals surface area contributed by atoms with Crippen molar-refractivity contribution >= 4 is 37.7 Å². The largest absolute Gasteiger partial charge is 0.507 e. The number of aromatic amines is 1. The Morgan fingerprint density at radius 3 is 2.59 bits per heavy atom. The van der Waals surface area contributed by atoms with Crippen molar-refractivity contribution < 1.29 is 19.3 Å². The van der Waals surface area contributed by atoms with Crippen LogP contribution in [-0.4, -0.2) is 47.7 Å². The predicted molar refractivity (Wildman–Crippen MR) is 115 cm³/mol. The zero-order valence-corrected chi connectivity index (χ0v) is 17.8. The molecule has 7 nitrogen and oxygen atoms in total. The van der Waals surface area contributed by atoms with Crippen LogP contribution in [0.4, 0.5) is 0 Å². The summed E-state index contributed by atoms with van der Waals surface area (Å²) < 4.78 is 17.1. The smallest absolute Gasteiger partial charge is 0.161 e. The number of nitrogens with one attached hydrogen (secondary N) is 1. The third-order valence-electron chi connectivity index (χ3n) is 4.75. The molecule has 0 spiro atoms. The fourth-order valence-electron chi connectivity index (χ4n) is 3.34. The lowest BCUT2D eigenvalue weighted by Gasteiger charge is -2.15. The molecule has 4 rings (SSSR count). The molecule has 2 aromatic carbocycles. The second-order valence-corrected chi connectivity index (χ2v) is 7.40. The van der Waals surface area contributed by atoms with Crippen LogP contribution in [0.1, 0.15) is 5.69 Å². The summed E-state index contributed by atoms with van der Waals surface area (Å²) >= 11 is 3.38. The molecule has 0 saturated carbocycles. The van der Waals surface area contributed by atoms with Crippen molar-refractivity contribution in [2.24, 2.45) is 0 Å². The number of aromatic nitrogens is 3. The molecule has 4 aromatic rings. The molecule has 8 heteroatoms. The van der Waals surface area contributed by atoms with Crippen LogP contribution in [0.15, 0.2) is 34.8 Å². The van der Waals surface area contributed by atoms with E-state index in [1.54, 1.807) is 20.3 Å². The number of fused-ring (bicyclic) bond motifs is 3. The predicted octanol–water partition coefficient (Wildman–Crippen LogP) is 4.59. The summed E-state index contributed by atoms with van der Waals surface area (Å²) in [4.78, 5) is 4.81. The third-order valence-corrected chi connectivity index (χ3v) is 5.38. The van der Waals surface area contributed by atoms with Gasteiger partial charge in [-0.05, 0) is 53.2 Å². The molecular formula is C21H20BrN3O4. The highest BCUT2D eigenvalue weighted by molar-refractivity contribution is 9.10.